The van der Waals surface area contributed by atoms with Gasteiger partial charge in [-0.2, -0.15) is 0 Å². The fourth-order valence-electron chi connectivity index (χ4n) is 2.35. The maximum Gasteiger partial charge on any atom is 0.165 e. The highest BCUT2D eigenvalue weighted by Crippen LogP contribution is 2.22. The first-order valence-electron chi connectivity index (χ1n) is 6.46. The number of hydrogen-bond donors (Lipinski definition) is 1. The van der Waals surface area contributed by atoms with E-state index in [2.05, 4.69) is 15.3 Å². The van der Waals surface area contributed by atoms with Crippen LogP contribution in [0.3, 0.4) is 0 Å². The van der Waals surface area contributed by atoms with Crippen LogP contribution in [0.15, 0.2) is 36.7 Å². The molecular formula is C14H14F2N4. The summed E-state index contributed by atoms with van der Waals surface area (Å²) < 4.78 is 26.4. The second-order valence-electron chi connectivity index (χ2n) is 4.75. The smallest absolute Gasteiger partial charge is 0.165 e. The first-order chi connectivity index (χ1) is 9.72. The summed E-state index contributed by atoms with van der Waals surface area (Å²) >= 11 is 0. The van der Waals surface area contributed by atoms with Crippen LogP contribution in [0.4, 0.5) is 20.4 Å². The molecule has 1 atom stereocenters. The third-order valence-corrected chi connectivity index (χ3v) is 3.31. The molecule has 4 nitrogen and oxygen atoms in total. The molecule has 0 radical (unpaired) electrons. The topological polar surface area (TPSA) is 41.0 Å². The van der Waals surface area contributed by atoms with E-state index in [-0.39, 0.29) is 17.7 Å². The quantitative estimate of drug-likeness (QED) is 0.935. The molecule has 0 aromatic carbocycles. The monoisotopic (exact) mass is 276 g/mol. The lowest BCUT2D eigenvalue weighted by Crippen LogP contribution is -2.27. The standard InChI is InChI=1S/C14H14F2N4/c15-10-3-4-13(18-8-10)19-11-5-7-20(9-11)14-12(16)2-1-6-17-14/h1-4,6,8,11H,5,7,9H2,(H,18,19). The SMILES string of the molecule is Fc1ccc(NC2CCN(c3ncccc3F)C2)nc1. The van der Waals surface area contributed by atoms with Gasteiger partial charge in [0.25, 0.3) is 0 Å². The second-order valence-corrected chi connectivity index (χ2v) is 4.75. The Morgan fingerprint density at radius 3 is 2.85 bits per heavy atom. The van der Waals surface area contributed by atoms with Crippen LogP contribution in [0.1, 0.15) is 6.42 Å². The first kappa shape index (κ1) is 12.8. The molecule has 1 unspecified atom stereocenters. The molecule has 2 aromatic heterocycles. The van der Waals surface area contributed by atoms with Crippen molar-refractivity contribution >= 4 is 11.6 Å². The largest absolute Gasteiger partial charge is 0.365 e. The van der Waals surface area contributed by atoms with E-state index in [1.807, 2.05) is 4.90 Å². The maximum absolute atomic E-state index is 13.7. The summed E-state index contributed by atoms with van der Waals surface area (Å²) in [6, 6.07) is 6.09. The molecule has 3 rings (SSSR count). The number of anilines is 2. The number of nitrogens with zero attached hydrogens (tertiary/aromatic N) is 3. The number of nitrogens with one attached hydrogen (secondary N) is 1. The molecule has 1 aliphatic rings. The highest BCUT2D eigenvalue weighted by molar-refractivity contribution is 5.43. The second kappa shape index (κ2) is 5.40. The Labute approximate surface area is 115 Å². The zero-order valence-corrected chi connectivity index (χ0v) is 10.8. The van der Waals surface area contributed by atoms with Gasteiger partial charge >= 0.3 is 0 Å². The third-order valence-electron chi connectivity index (χ3n) is 3.31. The zero-order chi connectivity index (χ0) is 13.9. The van der Waals surface area contributed by atoms with Gasteiger partial charge in [-0.25, -0.2) is 18.7 Å². The molecule has 1 aliphatic heterocycles. The Kier molecular flexibility index (Phi) is 3.45. The van der Waals surface area contributed by atoms with Crippen molar-refractivity contribution < 1.29 is 8.78 Å². The minimum Gasteiger partial charge on any atom is -0.365 e. The first-order valence-corrected chi connectivity index (χ1v) is 6.46. The summed E-state index contributed by atoms with van der Waals surface area (Å²) in [5.74, 6) is 0.329. The summed E-state index contributed by atoms with van der Waals surface area (Å²) in [7, 11) is 0. The molecule has 0 aliphatic carbocycles. The molecule has 0 spiro atoms. The lowest BCUT2D eigenvalue weighted by molar-refractivity contribution is 0.615. The molecule has 20 heavy (non-hydrogen) atoms. The lowest BCUT2D eigenvalue weighted by atomic mass is 10.2. The normalized spacial score (nSPS) is 18.3. The lowest BCUT2D eigenvalue weighted by Gasteiger charge is -2.18. The van der Waals surface area contributed by atoms with Crippen molar-refractivity contribution in [1.82, 2.24) is 9.97 Å². The summed E-state index contributed by atoms with van der Waals surface area (Å²) in [5, 5.41) is 3.22. The van der Waals surface area contributed by atoms with Gasteiger partial charge in [-0.05, 0) is 30.7 Å². The van der Waals surface area contributed by atoms with Crippen molar-refractivity contribution in [1.29, 1.82) is 0 Å². The van der Waals surface area contributed by atoms with Crippen LogP contribution in [-0.4, -0.2) is 29.1 Å². The highest BCUT2D eigenvalue weighted by Gasteiger charge is 2.25. The van der Waals surface area contributed by atoms with Crippen molar-refractivity contribution in [3.8, 4) is 0 Å². The Balaban J connectivity index is 1.65. The van der Waals surface area contributed by atoms with Gasteiger partial charge in [0.2, 0.25) is 0 Å². The Morgan fingerprint density at radius 2 is 2.10 bits per heavy atom. The van der Waals surface area contributed by atoms with Crippen molar-refractivity contribution in [2.24, 2.45) is 0 Å². The Hall–Kier alpha value is -2.24. The molecule has 3 heterocycles. The van der Waals surface area contributed by atoms with Crippen molar-refractivity contribution in [3.63, 3.8) is 0 Å². The third kappa shape index (κ3) is 2.68. The number of aromatic nitrogens is 2. The number of rotatable bonds is 3. The molecule has 6 heteroatoms. The zero-order valence-electron chi connectivity index (χ0n) is 10.8. The van der Waals surface area contributed by atoms with Crippen LogP contribution in [0.5, 0.6) is 0 Å². The van der Waals surface area contributed by atoms with Crippen molar-refractivity contribution in [2.75, 3.05) is 23.3 Å². The van der Waals surface area contributed by atoms with E-state index in [1.54, 1.807) is 18.3 Å². The van der Waals surface area contributed by atoms with Crippen molar-refractivity contribution in [3.05, 3.63) is 48.3 Å². The summed E-state index contributed by atoms with van der Waals surface area (Å²) in [6.07, 6.45) is 3.61. The number of halogens is 2. The van der Waals surface area contributed by atoms with Crippen LogP contribution >= 0.6 is 0 Å². The predicted octanol–water partition coefficient (Wildman–Crippen LogP) is 2.45. The summed E-state index contributed by atoms with van der Waals surface area (Å²) in [6.45, 7) is 1.37. The van der Waals surface area contributed by atoms with Gasteiger partial charge in [-0.1, -0.05) is 0 Å². The molecule has 0 saturated carbocycles. The molecule has 0 amide bonds. The van der Waals surface area contributed by atoms with Crippen LogP contribution in [0, 0.1) is 11.6 Å². The van der Waals surface area contributed by atoms with Gasteiger partial charge < -0.3 is 10.2 Å². The summed E-state index contributed by atoms with van der Waals surface area (Å²) in [4.78, 5) is 9.93. The van der Waals surface area contributed by atoms with Gasteiger partial charge in [-0.15, -0.1) is 0 Å². The minimum absolute atomic E-state index is 0.148. The van der Waals surface area contributed by atoms with E-state index in [4.69, 9.17) is 0 Å². The van der Waals surface area contributed by atoms with E-state index in [0.29, 0.717) is 18.2 Å². The van der Waals surface area contributed by atoms with E-state index < -0.39 is 0 Å². The van der Waals surface area contributed by atoms with E-state index >= 15 is 0 Å². The minimum atomic E-state index is -0.362. The van der Waals surface area contributed by atoms with E-state index in [0.717, 1.165) is 13.0 Å². The molecular weight excluding hydrogens is 262 g/mol. The number of pyridine rings is 2. The van der Waals surface area contributed by atoms with Crippen LogP contribution < -0.4 is 10.2 Å². The fourth-order valence-corrected chi connectivity index (χ4v) is 2.35. The average molecular weight is 276 g/mol. The van der Waals surface area contributed by atoms with Gasteiger partial charge in [0, 0.05) is 25.3 Å². The van der Waals surface area contributed by atoms with Gasteiger partial charge in [0.15, 0.2) is 11.6 Å². The summed E-state index contributed by atoms with van der Waals surface area (Å²) in [5.41, 5.74) is 0. The molecule has 0 bridgehead atoms. The van der Waals surface area contributed by atoms with Crippen LogP contribution in [0.25, 0.3) is 0 Å². The van der Waals surface area contributed by atoms with Crippen LogP contribution in [0.2, 0.25) is 0 Å². The molecule has 1 saturated heterocycles. The molecule has 2 aromatic rings. The van der Waals surface area contributed by atoms with Crippen molar-refractivity contribution in [2.45, 2.75) is 12.5 Å². The Morgan fingerprint density at radius 1 is 1.20 bits per heavy atom. The maximum atomic E-state index is 13.7. The molecule has 104 valence electrons. The molecule has 1 fully saturated rings. The fraction of sp³-hybridized carbons (Fsp3) is 0.286. The number of hydrogen-bond acceptors (Lipinski definition) is 4. The highest BCUT2D eigenvalue weighted by atomic mass is 19.1. The van der Waals surface area contributed by atoms with Gasteiger partial charge in [0.1, 0.15) is 11.6 Å². The average Bonchev–Trinajstić information content (AvgIpc) is 2.90. The Bertz CT molecular complexity index is 588. The molecule has 1 N–H and O–H groups in total. The van der Waals surface area contributed by atoms with E-state index in [9.17, 15) is 8.78 Å². The van der Waals surface area contributed by atoms with Gasteiger partial charge in [-0.3, -0.25) is 0 Å². The predicted molar refractivity (Wildman–Crippen MR) is 72.6 cm³/mol. The van der Waals surface area contributed by atoms with Gasteiger partial charge in [0.05, 0.1) is 6.20 Å². The van der Waals surface area contributed by atoms with E-state index in [1.165, 1.54) is 18.3 Å². The van der Waals surface area contributed by atoms with Crippen LogP contribution in [-0.2, 0) is 0 Å².